The van der Waals surface area contributed by atoms with E-state index in [0.29, 0.717) is 12.5 Å². The van der Waals surface area contributed by atoms with Gasteiger partial charge in [0, 0.05) is 30.3 Å². The minimum absolute atomic E-state index is 0.224. The largest absolute Gasteiger partial charge is 0.493 e. The molecule has 20 heavy (non-hydrogen) atoms. The van der Waals surface area contributed by atoms with Crippen LogP contribution in [0, 0.1) is 0 Å². The van der Waals surface area contributed by atoms with Crippen molar-refractivity contribution in [1.29, 1.82) is 0 Å². The van der Waals surface area contributed by atoms with Crippen LogP contribution in [0.15, 0.2) is 30.5 Å². The van der Waals surface area contributed by atoms with Gasteiger partial charge in [0.25, 0.3) is 0 Å². The van der Waals surface area contributed by atoms with E-state index in [1.54, 1.807) is 0 Å². The molecule has 4 nitrogen and oxygen atoms in total. The monoisotopic (exact) mass is 271 g/mol. The Hall–Kier alpha value is -1.81. The minimum atomic E-state index is 0.224. The van der Waals surface area contributed by atoms with Crippen molar-refractivity contribution >= 4 is 0 Å². The predicted molar refractivity (Wildman–Crippen MR) is 79.8 cm³/mol. The summed E-state index contributed by atoms with van der Waals surface area (Å²) in [5.41, 5.74) is 8.12. The van der Waals surface area contributed by atoms with E-state index < -0.39 is 0 Å². The zero-order valence-corrected chi connectivity index (χ0v) is 12.0. The number of imidazole rings is 1. The van der Waals surface area contributed by atoms with Crippen LogP contribution in [0.25, 0.3) is 11.3 Å². The second-order valence-corrected chi connectivity index (χ2v) is 5.46. The van der Waals surface area contributed by atoms with Crippen molar-refractivity contribution < 1.29 is 4.74 Å². The lowest BCUT2D eigenvalue weighted by atomic mass is 9.98. The first kappa shape index (κ1) is 13.2. The Morgan fingerprint density at radius 3 is 3.00 bits per heavy atom. The van der Waals surface area contributed by atoms with Crippen LogP contribution in [0.2, 0.25) is 0 Å². The molecular formula is C16H21N3O. The molecule has 4 heteroatoms. The van der Waals surface area contributed by atoms with Crippen molar-refractivity contribution in [1.82, 2.24) is 9.55 Å². The molecule has 1 aliphatic rings. The molecule has 0 fully saturated rings. The molecule has 0 amide bonds. The highest BCUT2D eigenvalue weighted by molar-refractivity contribution is 5.67. The molecule has 3 rings (SSSR count). The van der Waals surface area contributed by atoms with Gasteiger partial charge in [-0.25, -0.2) is 4.98 Å². The van der Waals surface area contributed by atoms with Gasteiger partial charge in [-0.1, -0.05) is 19.1 Å². The molecule has 1 aromatic heterocycles. The predicted octanol–water partition coefficient (Wildman–Crippen LogP) is 2.78. The summed E-state index contributed by atoms with van der Waals surface area (Å²) in [4.78, 5) is 4.81. The SMILES string of the molecule is CCOc1ccccc1-c1cn2c(n1)C(C)CC(N)C2. The van der Waals surface area contributed by atoms with Gasteiger partial charge in [-0.3, -0.25) is 0 Å². The Morgan fingerprint density at radius 2 is 2.20 bits per heavy atom. The summed E-state index contributed by atoms with van der Waals surface area (Å²) in [6, 6.07) is 8.28. The number of para-hydroxylation sites is 1. The Bertz CT molecular complexity index is 606. The molecule has 2 atom stereocenters. The maximum absolute atomic E-state index is 6.09. The minimum Gasteiger partial charge on any atom is -0.493 e. The normalized spacial score (nSPS) is 21.6. The fraction of sp³-hybridized carbons (Fsp3) is 0.438. The first-order valence-electron chi connectivity index (χ1n) is 7.24. The third-order valence-corrected chi connectivity index (χ3v) is 3.80. The van der Waals surface area contributed by atoms with Gasteiger partial charge >= 0.3 is 0 Å². The highest BCUT2D eigenvalue weighted by atomic mass is 16.5. The third kappa shape index (κ3) is 2.31. The molecule has 1 aromatic carbocycles. The maximum atomic E-state index is 6.09. The molecule has 2 unspecified atom stereocenters. The maximum Gasteiger partial charge on any atom is 0.128 e. The molecule has 0 spiro atoms. The molecule has 0 saturated carbocycles. The van der Waals surface area contributed by atoms with E-state index in [0.717, 1.165) is 35.8 Å². The molecule has 2 N–H and O–H groups in total. The van der Waals surface area contributed by atoms with Crippen LogP contribution in [-0.2, 0) is 6.54 Å². The number of nitrogens with two attached hydrogens (primary N) is 1. The fourth-order valence-electron chi connectivity index (χ4n) is 2.95. The van der Waals surface area contributed by atoms with Gasteiger partial charge in [-0.2, -0.15) is 0 Å². The summed E-state index contributed by atoms with van der Waals surface area (Å²) in [5, 5.41) is 0. The van der Waals surface area contributed by atoms with Crippen molar-refractivity contribution in [2.75, 3.05) is 6.61 Å². The Labute approximate surface area is 119 Å². The van der Waals surface area contributed by atoms with E-state index in [1.165, 1.54) is 0 Å². The lowest BCUT2D eigenvalue weighted by Crippen LogP contribution is -2.33. The lowest BCUT2D eigenvalue weighted by molar-refractivity contribution is 0.341. The summed E-state index contributed by atoms with van der Waals surface area (Å²) in [6.45, 7) is 5.70. The van der Waals surface area contributed by atoms with E-state index in [4.69, 9.17) is 15.5 Å². The Morgan fingerprint density at radius 1 is 1.40 bits per heavy atom. The number of nitrogens with zero attached hydrogens (tertiary/aromatic N) is 2. The van der Waals surface area contributed by atoms with Gasteiger partial charge in [0.05, 0.1) is 12.3 Å². The summed E-state index contributed by atoms with van der Waals surface area (Å²) in [7, 11) is 0. The van der Waals surface area contributed by atoms with Gasteiger partial charge in [0.2, 0.25) is 0 Å². The van der Waals surface area contributed by atoms with Crippen LogP contribution in [-0.4, -0.2) is 22.2 Å². The molecule has 0 radical (unpaired) electrons. The first-order chi connectivity index (χ1) is 9.69. The van der Waals surface area contributed by atoms with Crippen LogP contribution in [0.4, 0.5) is 0 Å². The van der Waals surface area contributed by atoms with E-state index in [-0.39, 0.29) is 6.04 Å². The van der Waals surface area contributed by atoms with Crippen molar-refractivity contribution in [3.05, 3.63) is 36.3 Å². The quantitative estimate of drug-likeness (QED) is 0.934. The van der Waals surface area contributed by atoms with E-state index in [1.807, 2.05) is 25.1 Å². The van der Waals surface area contributed by atoms with Crippen LogP contribution < -0.4 is 10.5 Å². The number of rotatable bonds is 3. The molecule has 2 aromatic rings. The molecule has 106 valence electrons. The molecule has 0 saturated heterocycles. The third-order valence-electron chi connectivity index (χ3n) is 3.80. The number of ether oxygens (including phenoxy) is 1. The molecule has 0 aliphatic carbocycles. The van der Waals surface area contributed by atoms with Crippen molar-refractivity contribution in [2.45, 2.75) is 38.8 Å². The molecule has 0 bridgehead atoms. The average molecular weight is 271 g/mol. The van der Waals surface area contributed by atoms with Gasteiger partial charge in [0.15, 0.2) is 0 Å². The molecule has 1 aliphatic heterocycles. The number of hydrogen-bond acceptors (Lipinski definition) is 3. The van der Waals surface area contributed by atoms with Gasteiger partial charge in [-0.15, -0.1) is 0 Å². The summed E-state index contributed by atoms with van der Waals surface area (Å²) in [5.74, 6) is 2.43. The zero-order valence-electron chi connectivity index (χ0n) is 12.0. The van der Waals surface area contributed by atoms with Crippen molar-refractivity contribution in [3.63, 3.8) is 0 Å². The summed E-state index contributed by atoms with van der Waals surface area (Å²) in [6.07, 6.45) is 3.10. The number of aromatic nitrogens is 2. The van der Waals surface area contributed by atoms with Gasteiger partial charge in [0.1, 0.15) is 11.6 Å². The van der Waals surface area contributed by atoms with Crippen molar-refractivity contribution in [3.8, 4) is 17.0 Å². The highest BCUT2D eigenvalue weighted by Crippen LogP contribution is 2.33. The van der Waals surface area contributed by atoms with Crippen LogP contribution >= 0.6 is 0 Å². The van der Waals surface area contributed by atoms with E-state index in [9.17, 15) is 0 Å². The first-order valence-corrected chi connectivity index (χ1v) is 7.24. The average Bonchev–Trinajstić information content (AvgIpc) is 2.83. The Kier molecular flexibility index (Phi) is 3.49. The summed E-state index contributed by atoms with van der Waals surface area (Å²) < 4.78 is 7.89. The van der Waals surface area contributed by atoms with Crippen LogP contribution in [0.5, 0.6) is 5.75 Å². The fourth-order valence-corrected chi connectivity index (χ4v) is 2.95. The molecule has 2 heterocycles. The lowest BCUT2D eigenvalue weighted by Gasteiger charge is -2.25. The van der Waals surface area contributed by atoms with Crippen molar-refractivity contribution in [2.24, 2.45) is 5.73 Å². The standard InChI is InChI=1S/C16H21N3O/c1-3-20-15-7-5-4-6-13(15)14-10-19-9-12(17)8-11(2)16(19)18-14/h4-7,10-12H,3,8-9,17H2,1-2H3. The van der Waals surface area contributed by atoms with Gasteiger partial charge < -0.3 is 15.0 Å². The zero-order chi connectivity index (χ0) is 14.1. The highest BCUT2D eigenvalue weighted by Gasteiger charge is 2.24. The second kappa shape index (κ2) is 5.29. The van der Waals surface area contributed by atoms with Crippen LogP contribution in [0.3, 0.4) is 0 Å². The van der Waals surface area contributed by atoms with E-state index >= 15 is 0 Å². The topological polar surface area (TPSA) is 53.1 Å². The molecular weight excluding hydrogens is 250 g/mol. The Balaban J connectivity index is 2.02. The summed E-state index contributed by atoms with van der Waals surface area (Å²) >= 11 is 0. The second-order valence-electron chi connectivity index (χ2n) is 5.46. The number of fused-ring (bicyclic) bond motifs is 1. The number of benzene rings is 1. The van der Waals surface area contributed by atoms with Gasteiger partial charge in [-0.05, 0) is 25.5 Å². The van der Waals surface area contributed by atoms with E-state index in [2.05, 4.69) is 23.8 Å². The van der Waals surface area contributed by atoms with Crippen LogP contribution in [0.1, 0.15) is 32.0 Å². The smallest absolute Gasteiger partial charge is 0.128 e. The number of hydrogen-bond donors (Lipinski definition) is 1.